The lowest BCUT2D eigenvalue weighted by atomic mass is 10.1. The van der Waals surface area contributed by atoms with Crippen LogP contribution in [0.25, 0.3) is 21.5 Å². The van der Waals surface area contributed by atoms with Crippen LogP contribution < -0.4 is 11.1 Å². The summed E-state index contributed by atoms with van der Waals surface area (Å²) in [6.45, 7) is 3.39. The Bertz CT molecular complexity index is 1360. The van der Waals surface area contributed by atoms with Crippen molar-refractivity contribution in [1.82, 2.24) is 15.2 Å². The first-order valence-corrected chi connectivity index (χ1v) is 10.1. The number of aryl methyl sites for hydroxylation is 2. The van der Waals surface area contributed by atoms with E-state index in [-0.39, 0.29) is 32.0 Å². The highest BCUT2D eigenvalue weighted by atomic mass is 32.1. The highest BCUT2D eigenvalue weighted by Crippen LogP contribution is 2.39. The number of H-pyrrole nitrogens is 1. The summed E-state index contributed by atoms with van der Waals surface area (Å²) >= 11 is 0.691. The SMILES string of the molecule is Cc1ccc(-c2cc(C(=O)Nc3c(C(N)=O)sc4nc(C(F)(F)F)cc(C)c34)[nH]n2)cc1. The van der Waals surface area contributed by atoms with E-state index in [1.54, 1.807) is 0 Å². The summed E-state index contributed by atoms with van der Waals surface area (Å²) in [5.74, 6) is -1.52. The van der Waals surface area contributed by atoms with Crippen LogP contribution in [0.4, 0.5) is 18.9 Å². The van der Waals surface area contributed by atoms with Gasteiger partial charge in [-0.25, -0.2) is 4.98 Å². The summed E-state index contributed by atoms with van der Waals surface area (Å²) in [6, 6.07) is 9.93. The van der Waals surface area contributed by atoms with Crippen molar-refractivity contribution >= 4 is 39.1 Å². The van der Waals surface area contributed by atoms with Crippen molar-refractivity contribution in [2.45, 2.75) is 20.0 Å². The van der Waals surface area contributed by atoms with Gasteiger partial charge in [-0.15, -0.1) is 11.3 Å². The molecule has 0 radical (unpaired) electrons. The van der Waals surface area contributed by atoms with Crippen LogP contribution in [0.3, 0.4) is 0 Å². The molecule has 3 aromatic heterocycles. The third-order valence-corrected chi connectivity index (χ3v) is 5.88. The predicted octanol–water partition coefficient (Wildman–Crippen LogP) is 4.67. The number of halogens is 3. The number of nitrogens with two attached hydrogens (primary N) is 1. The first-order valence-electron chi connectivity index (χ1n) is 9.29. The number of aromatic nitrogens is 3. The minimum absolute atomic E-state index is 0.0210. The van der Waals surface area contributed by atoms with Crippen LogP contribution in [0.1, 0.15) is 37.0 Å². The summed E-state index contributed by atoms with van der Waals surface area (Å²) < 4.78 is 39.4. The van der Waals surface area contributed by atoms with Gasteiger partial charge in [0.1, 0.15) is 21.1 Å². The van der Waals surface area contributed by atoms with E-state index in [1.807, 2.05) is 31.2 Å². The molecule has 0 spiro atoms. The van der Waals surface area contributed by atoms with Gasteiger partial charge in [0.05, 0.1) is 11.4 Å². The third kappa shape index (κ3) is 3.94. The van der Waals surface area contributed by atoms with Crippen molar-refractivity contribution in [2.75, 3.05) is 5.32 Å². The van der Waals surface area contributed by atoms with Crippen LogP contribution >= 0.6 is 11.3 Å². The predicted molar refractivity (Wildman–Crippen MR) is 115 cm³/mol. The number of carbonyl (C=O) groups is 2. The van der Waals surface area contributed by atoms with Crippen molar-refractivity contribution in [3.05, 3.63) is 63.8 Å². The number of benzene rings is 1. The summed E-state index contributed by atoms with van der Waals surface area (Å²) in [6.07, 6.45) is -4.65. The number of nitrogens with one attached hydrogen (secondary N) is 2. The fraction of sp³-hybridized carbons (Fsp3) is 0.143. The van der Waals surface area contributed by atoms with E-state index in [0.29, 0.717) is 17.0 Å². The number of fused-ring (bicyclic) bond motifs is 1. The largest absolute Gasteiger partial charge is 0.433 e. The number of alkyl halides is 3. The fourth-order valence-electron chi connectivity index (χ4n) is 3.21. The van der Waals surface area contributed by atoms with Crippen molar-refractivity contribution in [2.24, 2.45) is 5.73 Å². The monoisotopic (exact) mass is 459 g/mol. The molecule has 7 nitrogen and oxygen atoms in total. The van der Waals surface area contributed by atoms with Crippen molar-refractivity contribution in [1.29, 1.82) is 0 Å². The minimum Gasteiger partial charge on any atom is -0.365 e. The molecular formula is C21H16F3N5O2S. The Kier molecular flexibility index (Phi) is 5.21. The molecule has 4 aromatic rings. The molecule has 0 aliphatic carbocycles. The van der Waals surface area contributed by atoms with Gasteiger partial charge >= 0.3 is 6.18 Å². The molecule has 1 aromatic carbocycles. The van der Waals surface area contributed by atoms with Crippen molar-refractivity contribution < 1.29 is 22.8 Å². The number of hydrogen-bond acceptors (Lipinski definition) is 5. The zero-order valence-corrected chi connectivity index (χ0v) is 17.6. The van der Waals surface area contributed by atoms with Crippen LogP contribution in [0.5, 0.6) is 0 Å². The Balaban J connectivity index is 1.72. The molecule has 3 heterocycles. The molecule has 0 saturated carbocycles. The second-order valence-electron chi connectivity index (χ2n) is 7.16. The quantitative estimate of drug-likeness (QED) is 0.411. The highest BCUT2D eigenvalue weighted by Gasteiger charge is 2.34. The first-order chi connectivity index (χ1) is 15.0. The maximum absolute atomic E-state index is 13.1. The Hall–Kier alpha value is -3.73. The molecule has 164 valence electrons. The van der Waals surface area contributed by atoms with E-state index in [4.69, 9.17) is 5.73 Å². The first kappa shape index (κ1) is 21.5. The highest BCUT2D eigenvalue weighted by molar-refractivity contribution is 7.21. The Morgan fingerprint density at radius 3 is 2.44 bits per heavy atom. The smallest absolute Gasteiger partial charge is 0.365 e. The number of nitrogens with zero attached hydrogens (tertiary/aromatic N) is 2. The van der Waals surface area contributed by atoms with E-state index in [1.165, 1.54) is 13.0 Å². The van der Waals surface area contributed by atoms with Gasteiger partial charge in [-0.3, -0.25) is 14.7 Å². The fourth-order valence-corrected chi connectivity index (χ4v) is 4.27. The zero-order valence-electron chi connectivity index (χ0n) is 16.8. The van der Waals surface area contributed by atoms with E-state index in [2.05, 4.69) is 20.5 Å². The van der Waals surface area contributed by atoms with Gasteiger partial charge in [0.15, 0.2) is 0 Å². The van der Waals surface area contributed by atoms with Crippen molar-refractivity contribution in [3.63, 3.8) is 0 Å². The van der Waals surface area contributed by atoms with Gasteiger partial charge in [-0.1, -0.05) is 29.8 Å². The second kappa shape index (κ2) is 7.75. The van der Waals surface area contributed by atoms with Crippen LogP contribution in [0.2, 0.25) is 0 Å². The lowest BCUT2D eigenvalue weighted by Crippen LogP contribution is -2.17. The number of carbonyl (C=O) groups excluding carboxylic acids is 2. The normalized spacial score (nSPS) is 11.7. The van der Waals surface area contributed by atoms with Crippen LogP contribution in [0.15, 0.2) is 36.4 Å². The van der Waals surface area contributed by atoms with Gasteiger partial charge in [-0.2, -0.15) is 18.3 Å². The molecule has 4 N–H and O–H groups in total. The number of amides is 2. The van der Waals surface area contributed by atoms with Crippen molar-refractivity contribution in [3.8, 4) is 11.3 Å². The zero-order chi connectivity index (χ0) is 23.2. The van der Waals surface area contributed by atoms with Gasteiger partial charge in [0.25, 0.3) is 11.8 Å². The van der Waals surface area contributed by atoms with Gasteiger partial charge in [-0.05, 0) is 31.5 Å². The van der Waals surface area contributed by atoms with Crippen LogP contribution in [-0.4, -0.2) is 27.0 Å². The summed E-state index contributed by atoms with van der Waals surface area (Å²) in [7, 11) is 0. The molecule has 0 aliphatic heterocycles. The topological polar surface area (TPSA) is 114 Å². The van der Waals surface area contributed by atoms with Gasteiger partial charge in [0, 0.05) is 10.9 Å². The Morgan fingerprint density at radius 1 is 1.12 bits per heavy atom. The molecule has 4 rings (SSSR count). The average Bonchev–Trinajstić information content (AvgIpc) is 3.33. The molecule has 0 fully saturated rings. The van der Waals surface area contributed by atoms with E-state index in [9.17, 15) is 22.8 Å². The Labute approximate surface area is 183 Å². The summed E-state index contributed by atoms with van der Waals surface area (Å²) in [4.78, 5) is 28.2. The second-order valence-corrected chi connectivity index (χ2v) is 8.16. The number of aromatic amines is 1. The standard InChI is InChI=1S/C21H16F3N5O2S/c1-9-3-5-11(6-4-9)12-8-13(29-28-12)19(31)27-16-15-10(2)7-14(21(22,23)24)26-20(15)32-17(16)18(25)30/h3-8H,1-2H3,(H2,25,30)(H,27,31)(H,28,29). The molecule has 2 amide bonds. The third-order valence-electron chi connectivity index (χ3n) is 4.78. The minimum atomic E-state index is -4.65. The van der Waals surface area contributed by atoms with E-state index >= 15 is 0 Å². The number of pyridine rings is 1. The molecule has 32 heavy (non-hydrogen) atoms. The molecule has 0 saturated heterocycles. The average molecular weight is 459 g/mol. The summed E-state index contributed by atoms with van der Waals surface area (Å²) in [5, 5.41) is 9.57. The molecule has 11 heteroatoms. The number of rotatable bonds is 4. The summed E-state index contributed by atoms with van der Waals surface area (Å²) in [5.41, 5.74) is 7.05. The lowest BCUT2D eigenvalue weighted by molar-refractivity contribution is -0.141. The molecule has 0 unspecified atom stereocenters. The molecular weight excluding hydrogens is 443 g/mol. The van der Waals surface area contributed by atoms with Crippen LogP contribution in [0, 0.1) is 13.8 Å². The van der Waals surface area contributed by atoms with E-state index < -0.39 is 23.7 Å². The molecule has 0 atom stereocenters. The number of primary amides is 1. The maximum atomic E-state index is 13.1. The number of anilines is 1. The van der Waals surface area contributed by atoms with E-state index in [0.717, 1.165) is 17.2 Å². The molecule has 0 aliphatic rings. The number of hydrogen-bond donors (Lipinski definition) is 3. The molecule has 0 bridgehead atoms. The van der Waals surface area contributed by atoms with Gasteiger partial charge in [0.2, 0.25) is 0 Å². The maximum Gasteiger partial charge on any atom is 0.433 e. The lowest BCUT2D eigenvalue weighted by Gasteiger charge is -2.09. The Morgan fingerprint density at radius 2 is 1.81 bits per heavy atom. The van der Waals surface area contributed by atoms with Crippen LogP contribution in [-0.2, 0) is 6.18 Å². The number of thiophene rings is 1. The van der Waals surface area contributed by atoms with Gasteiger partial charge < -0.3 is 11.1 Å².